The van der Waals surface area contributed by atoms with E-state index < -0.39 is 24.6 Å². The average molecular weight is 282 g/mol. The molecule has 1 aromatic heterocycles. The minimum absolute atomic E-state index is 0.0258. The number of aromatic nitrogens is 1. The quantitative estimate of drug-likeness (QED) is 0.719. The lowest BCUT2D eigenvalue weighted by Crippen LogP contribution is -2.32. The molecule has 0 fully saturated rings. The van der Waals surface area contributed by atoms with Crippen molar-refractivity contribution in [2.75, 3.05) is 5.73 Å². The number of nitrogens with zero attached hydrogens (tertiary/aromatic N) is 1. The molecule has 2 aromatic rings. The number of nitrogens with two attached hydrogens (primary N) is 1. The second kappa shape index (κ2) is 5.14. The molecular formula is C12H10BF3N2O2. The van der Waals surface area contributed by atoms with Crippen LogP contribution in [0.2, 0.25) is 0 Å². The van der Waals surface area contributed by atoms with Gasteiger partial charge in [0.05, 0.1) is 11.3 Å². The van der Waals surface area contributed by atoms with Crippen LogP contribution in [0.25, 0.3) is 11.3 Å². The van der Waals surface area contributed by atoms with Crippen LogP contribution in [0.4, 0.5) is 19.0 Å². The Morgan fingerprint density at radius 1 is 1.05 bits per heavy atom. The molecule has 0 saturated heterocycles. The summed E-state index contributed by atoms with van der Waals surface area (Å²) in [6.07, 6.45) is -4.62. The number of alkyl halides is 3. The molecule has 1 heterocycles. The van der Waals surface area contributed by atoms with Gasteiger partial charge < -0.3 is 15.8 Å². The predicted molar refractivity (Wildman–Crippen MR) is 68.9 cm³/mol. The summed E-state index contributed by atoms with van der Waals surface area (Å²) in [7, 11) is -1.91. The standard InChI is InChI=1S/C12H10BF3N2O2/c14-12(15,16)8-5-6-10(17)18-11(8)7-3-1-2-4-9(7)13(19)20/h1-6,19-20H,(H2,17,18). The van der Waals surface area contributed by atoms with Gasteiger partial charge in [-0.1, -0.05) is 24.3 Å². The highest BCUT2D eigenvalue weighted by atomic mass is 19.4. The van der Waals surface area contributed by atoms with Gasteiger partial charge in [0.2, 0.25) is 0 Å². The van der Waals surface area contributed by atoms with Crippen molar-refractivity contribution in [2.24, 2.45) is 0 Å². The second-order valence-corrected chi connectivity index (χ2v) is 4.09. The Bertz CT molecular complexity index is 632. The molecule has 0 aliphatic heterocycles. The van der Waals surface area contributed by atoms with Crippen molar-refractivity contribution in [1.82, 2.24) is 4.98 Å². The van der Waals surface area contributed by atoms with Crippen molar-refractivity contribution in [2.45, 2.75) is 6.18 Å². The zero-order valence-electron chi connectivity index (χ0n) is 10.1. The fourth-order valence-corrected chi connectivity index (χ4v) is 1.85. The topological polar surface area (TPSA) is 79.4 Å². The van der Waals surface area contributed by atoms with Crippen molar-refractivity contribution in [3.05, 3.63) is 42.0 Å². The minimum atomic E-state index is -4.62. The first kappa shape index (κ1) is 14.4. The molecule has 104 valence electrons. The minimum Gasteiger partial charge on any atom is -0.423 e. The summed E-state index contributed by atoms with van der Waals surface area (Å²) < 4.78 is 39.0. The summed E-state index contributed by atoms with van der Waals surface area (Å²) >= 11 is 0. The fourth-order valence-electron chi connectivity index (χ4n) is 1.85. The summed E-state index contributed by atoms with van der Waals surface area (Å²) in [5.41, 5.74) is 3.92. The van der Waals surface area contributed by atoms with Crippen LogP contribution >= 0.6 is 0 Å². The van der Waals surface area contributed by atoms with Gasteiger partial charge in [0.15, 0.2) is 0 Å². The number of hydrogen-bond acceptors (Lipinski definition) is 4. The molecule has 0 aliphatic carbocycles. The zero-order valence-corrected chi connectivity index (χ0v) is 10.1. The maximum Gasteiger partial charge on any atom is 0.489 e. The first-order chi connectivity index (χ1) is 9.30. The molecule has 4 nitrogen and oxygen atoms in total. The van der Waals surface area contributed by atoms with Gasteiger partial charge in [-0.2, -0.15) is 13.2 Å². The summed E-state index contributed by atoms with van der Waals surface area (Å²) in [6.45, 7) is 0. The normalized spacial score (nSPS) is 11.4. The molecule has 0 atom stereocenters. The molecular weight excluding hydrogens is 272 g/mol. The van der Waals surface area contributed by atoms with Gasteiger partial charge in [0.25, 0.3) is 0 Å². The van der Waals surface area contributed by atoms with Gasteiger partial charge in [0, 0.05) is 5.56 Å². The molecule has 4 N–H and O–H groups in total. The van der Waals surface area contributed by atoms with Gasteiger partial charge in [-0.25, -0.2) is 4.98 Å². The first-order valence-corrected chi connectivity index (χ1v) is 5.60. The fraction of sp³-hybridized carbons (Fsp3) is 0.0833. The molecule has 2 rings (SSSR count). The van der Waals surface area contributed by atoms with E-state index in [0.29, 0.717) is 0 Å². The third-order valence-corrected chi connectivity index (χ3v) is 2.72. The number of pyridine rings is 1. The van der Waals surface area contributed by atoms with Crippen molar-refractivity contribution < 1.29 is 23.2 Å². The molecule has 0 saturated carbocycles. The highest BCUT2D eigenvalue weighted by Crippen LogP contribution is 2.35. The SMILES string of the molecule is Nc1ccc(C(F)(F)F)c(-c2ccccc2B(O)O)n1. The van der Waals surface area contributed by atoms with Crippen LogP contribution in [0, 0.1) is 0 Å². The van der Waals surface area contributed by atoms with Crippen molar-refractivity contribution in [3.8, 4) is 11.3 Å². The maximum atomic E-state index is 13.0. The number of benzene rings is 1. The van der Waals surface area contributed by atoms with Crippen LogP contribution in [-0.2, 0) is 6.18 Å². The third kappa shape index (κ3) is 2.76. The molecule has 0 bridgehead atoms. The van der Waals surface area contributed by atoms with E-state index in [1.807, 2.05) is 0 Å². The summed E-state index contributed by atoms with van der Waals surface area (Å²) in [5.74, 6) is -0.0877. The number of rotatable bonds is 2. The number of hydrogen-bond donors (Lipinski definition) is 3. The molecule has 0 aliphatic rings. The van der Waals surface area contributed by atoms with Crippen molar-refractivity contribution in [3.63, 3.8) is 0 Å². The molecule has 0 radical (unpaired) electrons. The van der Waals surface area contributed by atoms with Crippen LogP contribution in [0.1, 0.15) is 5.56 Å². The van der Waals surface area contributed by atoms with Gasteiger partial charge in [-0.05, 0) is 17.6 Å². The second-order valence-electron chi connectivity index (χ2n) is 4.09. The molecule has 8 heteroatoms. The van der Waals surface area contributed by atoms with Gasteiger partial charge in [0.1, 0.15) is 5.82 Å². The molecule has 0 unspecified atom stereocenters. The van der Waals surface area contributed by atoms with Gasteiger partial charge >= 0.3 is 13.3 Å². The largest absolute Gasteiger partial charge is 0.489 e. The van der Waals surface area contributed by atoms with E-state index in [-0.39, 0.29) is 16.8 Å². The van der Waals surface area contributed by atoms with Crippen LogP contribution in [-0.4, -0.2) is 22.2 Å². The van der Waals surface area contributed by atoms with Crippen LogP contribution in [0.5, 0.6) is 0 Å². The van der Waals surface area contributed by atoms with E-state index in [4.69, 9.17) is 5.73 Å². The lowest BCUT2D eigenvalue weighted by atomic mass is 9.76. The summed E-state index contributed by atoms with van der Waals surface area (Å²) in [5, 5.41) is 18.5. The van der Waals surface area contributed by atoms with Crippen LogP contribution < -0.4 is 11.2 Å². The number of anilines is 1. The molecule has 0 spiro atoms. The summed E-state index contributed by atoms with van der Waals surface area (Å²) in [6, 6.07) is 7.46. The number of halogens is 3. The Labute approximate surface area is 112 Å². The predicted octanol–water partition coefficient (Wildman–Crippen LogP) is 1.03. The monoisotopic (exact) mass is 282 g/mol. The zero-order chi connectivity index (χ0) is 14.9. The van der Waals surface area contributed by atoms with E-state index >= 15 is 0 Å². The van der Waals surface area contributed by atoms with Crippen LogP contribution in [0.3, 0.4) is 0 Å². The highest BCUT2D eigenvalue weighted by molar-refractivity contribution is 6.60. The van der Waals surface area contributed by atoms with Crippen molar-refractivity contribution >= 4 is 18.4 Å². The Balaban J connectivity index is 2.72. The van der Waals surface area contributed by atoms with E-state index in [1.165, 1.54) is 24.3 Å². The van der Waals surface area contributed by atoms with E-state index in [1.54, 1.807) is 0 Å². The smallest absolute Gasteiger partial charge is 0.423 e. The third-order valence-electron chi connectivity index (χ3n) is 2.72. The number of nitrogen functional groups attached to an aromatic ring is 1. The average Bonchev–Trinajstić information content (AvgIpc) is 2.37. The Morgan fingerprint density at radius 2 is 1.70 bits per heavy atom. The van der Waals surface area contributed by atoms with Gasteiger partial charge in [-0.15, -0.1) is 0 Å². The van der Waals surface area contributed by atoms with E-state index in [9.17, 15) is 23.2 Å². The maximum absolute atomic E-state index is 13.0. The Morgan fingerprint density at radius 3 is 2.30 bits per heavy atom. The first-order valence-electron chi connectivity index (χ1n) is 5.60. The molecule has 20 heavy (non-hydrogen) atoms. The highest BCUT2D eigenvalue weighted by Gasteiger charge is 2.35. The molecule has 1 aromatic carbocycles. The molecule has 0 amide bonds. The van der Waals surface area contributed by atoms with E-state index in [0.717, 1.165) is 12.1 Å². The lowest BCUT2D eigenvalue weighted by Gasteiger charge is -2.15. The van der Waals surface area contributed by atoms with Crippen LogP contribution in [0.15, 0.2) is 36.4 Å². The Kier molecular flexibility index (Phi) is 3.69. The Hall–Kier alpha value is -2.06. The summed E-state index contributed by atoms with van der Waals surface area (Å²) in [4.78, 5) is 3.69. The van der Waals surface area contributed by atoms with Crippen molar-refractivity contribution in [1.29, 1.82) is 0 Å². The van der Waals surface area contributed by atoms with Gasteiger partial charge in [-0.3, -0.25) is 0 Å². The van der Waals surface area contributed by atoms with E-state index in [2.05, 4.69) is 4.98 Å². The lowest BCUT2D eigenvalue weighted by molar-refractivity contribution is -0.137.